The fourth-order valence-electron chi connectivity index (χ4n) is 7.51. The highest BCUT2D eigenvalue weighted by Crippen LogP contribution is 2.44. The molecule has 0 atom stereocenters. The van der Waals surface area contributed by atoms with Crippen molar-refractivity contribution >= 4 is 43.9 Å². The summed E-state index contributed by atoms with van der Waals surface area (Å²) in [6.45, 7) is 0. The van der Waals surface area contributed by atoms with Crippen LogP contribution in [-0.2, 0) is 0 Å². The largest absolute Gasteiger partial charge is 0.307 e. The zero-order valence-electron chi connectivity index (χ0n) is 26.6. The van der Waals surface area contributed by atoms with Gasteiger partial charge in [-0.2, -0.15) is 0 Å². The van der Waals surface area contributed by atoms with Crippen LogP contribution in [0, 0.1) is 0 Å². The summed E-state index contributed by atoms with van der Waals surface area (Å²) >= 11 is 0. The van der Waals surface area contributed by atoms with Gasteiger partial charge in [0.15, 0.2) is 5.65 Å². The van der Waals surface area contributed by atoms with Crippen molar-refractivity contribution in [2.24, 2.45) is 0 Å². The third-order valence-electron chi connectivity index (χ3n) is 9.63. The Balaban J connectivity index is 1.42. The molecule has 230 valence electrons. The third kappa shape index (κ3) is 4.21. The number of para-hydroxylation sites is 3. The van der Waals surface area contributed by atoms with E-state index in [1.165, 1.54) is 27.4 Å². The molecule has 49 heavy (non-hydrogen) atoms. The number of rotatable bonds is 5. The molecule has 0 aliphatic rings. The average Bonchev–Trinajstić information content (AvgIpc) is 3.83. The Morgan fingerprint density at radius 1 is 0.327 bits per heavy atom. The Bertz CT molecular complexity index is 2780. The fourth-order valence-corrected chi connectivity index (χ4v) is 7.51. The number of benzene rings is 7. The molecule has 10 rings (SSSR count). The normalized spacial score (nSPS) is 11.7. The summed E-state index contributed by atoms with van der Waals surface area (Å²) in [6, 6.07) is 64.6. The van der Waals surface area contributed by atoms with Gasteiger partial charge in [0.05, 0.1) is 16.6 Å². The lowest BCUT2D eigenvalue weighted by atomic mass is 10.0. The van der Waals surface area contributed by atoms with Gasteiger partial charge in [0, 0.05) is 38.8 Å². The van der Waals surface area contributed by atoms with Crippen LogP contribution in [0.5, 0.6) is 0 Å². The molecule has 10 aromatic rings. The zero-order valence-corrected chi connectivity index (χ0v) is 26.6. The molecule has 0 bridgehead atoms. The van der Waals surface area contributed by atoms with Crippen LogP contribution >= 0.6 is 0 Å². The first-order valence-electron chi connectivity index (χ1n) is 16.7. The summed E-state index contributed by atoms with van der Waals surface area (Å²) in [5.41, 5.74) is 12.2. The first-order chi connectivity index (χ1) is 24.3. The standard InChI is InChI=1S/C45H30N4/c1-6-16-31(17-7-1)33-26-29-40-39(30-33)37-27-28-38-42(41(37)47(40)34-20-10-3-11-21-34)48(35-22-12-4-13-23-35)45-43(38)49(36-24-14-5-15-25-36)44(46-45)32-18-8-2-9-19-32/h1-30H. The molecule has 0 aliphatic heterocycles. The van der Waals surface area contributed by atoms with Crippen LogP contribution in [-0.4, -0.2) is 18.7 Å². The van der Waals surface area contributed by atoms with Crippen molar-refractivity contribution in [2.45, 2.75) is 0 Å². The van der Waals surface area contributed by atoms with Crippen LogP contribution in [0.15, 0.2) is 182 Å². The van der Waals surface area contributed by atoms with E-state index in [0.717, 1.165) is 56.0 Å². The molecule has 0 radical (unpaired) electrons. The van der Waals surface area contributed by atoms with Gasteiger partial charge in [0.1, 0.15) is 11.3 Å². The van der Waals surface area contributed by atoms with Crippen molar-refractivity contribution in [3.63, 3.8) is 0 Å². The summed E-state index contributed by atoms with van der Waals surface area (Å²) in [5, 5.41) is 3.57. The third-order valence-corrected chi connectivity index (χ3v) is 9.63. The summed E-state index contributed by atoms with van der Waals surface area (Å²) in [4.78, 5) is 5.51. The topological polar surface area (TPSA) is 27.7 Å². The van der Waals surface area contributed by atoms with E-state index in [9.17, 15) is 0 Å². The lowest BCUT2D eigenvalue weighted by Gasteiger charge is -2.13. The van der Waals surface area contributed by atoms with Gasteiger partial charge >= 0.3 is 0 Å². The molecule has 0 amide bonds. The smallest absolute Gasteiger partial charge is 0.165 e. The summed E-state index contributed by atoms with van der Waals surface area (Å²) < 4.78 is 7.14. The summed E-state index contributed by atoms with van der Waals surface area (Å²) in [5.74, 6) is 0.916. The van der Waals surface area contributed by atoms with Crippen molar-refractivity contribution in [1.29, 1.82) is 0 Å². The molecule has 0 unspecified atom stereocenters. The van der Waals surface area contributed by atoms with Gasteiger partial charge in [0.2, 0.25) is 0 Å². The number of fused-ring (bicyclic) bond motifs is 7. The van der Waals surface area contributed by atoms with Crippen LogP contribution in [0.4, 0.5) is 0 Å². The van der Waals surface area contributed by atoms with Crippen LogP contribution in [0.25, 0.3) is 83.4 Å². The lowest BCUT2D eigenvalue weighted by molar-refractivity contribution is 1.09. The maximum absolute atomic E-state index is 5.51. The molecule has 3 heterocycles. The number of imidazole rings is 1. The second-order valence-corrected chi connectivity index (χ2v) is 12.4. The van der Waals surface area contributed by atoms with E-state index in [0.29, 0.717) is 0 Å². The van der Waals surface area contributed by atoms with E-state index in [-0.39, 0.29) is 0 Å². The SMILES string of the molecule is c1ccc(-c2ccc3c(c2)c2ccc4c5c(nc(-c6ccccc6)n5-c5ccccc5)n(-c5ccccc5)c4c2n3-c2ccccc2)cc1. The van der Waals surface area contributed by atoms with Gasteiger partial charge in [-0.25, -0.2) is 4.98 Å². The molecule has 4 nitrogen and oxygen atoms in total. The average molecular weight is 627 g/mol. The zero-order chi connectivity index (χ0) is 32.3. The van der Waals surface area contributed by atoms with Gasteiger partial charge in [-0.1, -0.05) is 127 Å². The highest BCUT2D eigenvalue weighted by atomic mass is 15.2. The maximum atomic E-state index is 5.51. The second-order valence-electron chi connectivity index (χ2n) is 12.4. The van der Waals surface area contributed by atoms with E-state index >= 15 is 0 Å². The quantitative estimate of drug-likeness (QED) is 0.187. The Morgan fingerprint density at radius 3 is 1.43 bits per heavy atom. The summed E-state index contributed by atoms with van der Waals surface area (Å²) in [6.07, 6.45) is 0. The van der Waals surface area contributed by atoms with Gasteiger partial charge in [0.25, 0.3) is 0 Å². The minimum absolute atomic E-state index is 0.916. The lowest BCUT2D eigenvalue weighted by Crippen LogP contribution is -2.00. The van der Waals surface area contributed by atoms with E-state index in [1.807, 2.05) is 0 Å². The Hall–Kier alpha value is -6.65. The molecular weight excluding hydrogens is 597 g/mol. The highest BCUT2D eigenvalue weighted by Gasteiger charge is 2.26. The first-order valence-corrected chi connectivity index (χ1v) is 16.7. The van der Waals surface area contributed by atoms with Crippen LogP contribution < -0.4 is 0 Å². The number of nitrogens with zero attached hydrogens (tertiary/aromatic N) is 4. The monoisotopic (exact) mass is 626 g/mol. The molecule has 0 fully saturated rings. The van der Waals surface area contributed by atoms with E-state index < -0.39 is 0 Å². The van der Waals surface area contributed by atoms with Crippen molar-refractivity contribution < 1.29 is 0 Å². The fraction of sp³-hybridized carbons (Fsp3) is 0. The Morgan fingerprint density at radius 2 is 0.816 bits per heavy atom. The minimum atomic E-state index is 0.916. The van der Waals surface area contributed by atoms with Crippen LogP contribution in [0.2, 0.25) is 0 Å². The number of aromatic nitrogens is 4. The summed E-state index contributed by atoms with van der Waals surface area (Å²) in [7, 11) is 0. The van der Waals surface area contributed by atoms with Crippen LogP contribution in [0.1, 0.15) is 0 Å². The Labute approximate surface area is 283 Å². The molecular formula is C45H30N4. The molecule has 4 heteroatoms. The van der Waals surface area contributed by atoms with Crippen molar-refractivity contribution in [1.82, 2.24) is 18.7 Å². The van der Waals surface area contributed by atoms with E-state index in [4.69, 9.17) is 4.98 Å². The predicted octanol–water partition coefficient (Wildman–Crippen LogP) is 11.4. The Kier molecular flexibility index (Phi) is 6.15. The van der Waals surface area contributed by atoms with Crippen molar-refractivity contribution in [2.75, 3.05) is 0 Å². The predicted molar refractivity (Wildman–Crippen MR) is 203 cm³/mol. The molecule has 0 N–H and O–H groups in total. The molecule has 0 saturated heterocycles. The second kappa shape index (κ2) is 11.0. The van der Waals surface area contributed by atoms with Gasteiger partial charge < -0.3 is 4.57 Å². The molecule has 0 saturated carbocycles. The van der Waals surface area contributed by atoms with Crippen molar-refractivity contribution in [3.8, 4) is 39.6 Å². The maximum Gasteiger partial charge on any atom is 0.165 e. The highest BCUT2D eigenvalue weighted by molar-refractivity contribution is 6.23. The molecule has 3 aromatic heterocycles. The number of hydrogen-bond acceptors (Lipinski definition) is 1. The van der Waals surface area contributed by atoms with E-state index in [1.54, 1.807) is 0 Å². The van der Waals surface area contributed by atoms with Gasteiger partial charge in [-0.15, -0.1) is 0 Å². The minimum Gasteiger partial charge on any atom is -0.307 e. The number of hydrogen-bond donors (Lipinski definition) is 0. The van der Waals surface area contributed by atoms with Crippen molar-refractivity contribution in [3.05, 3.63) is 182 Å². The van der Waals surface area contributed by atoms with Crippen LogP contribution in [0.3, 0.4) is 0 Å². The first kappa shape index (κ1) is 27.5. The molecule has 7 aromatic carbocycles. The van der Waals surface area contributed by atoms with E-state index in [2.05, 4.69) is 196 Å². The van der Waals surface area contributed by atoms with Gasteiger partial charge in [-0.3, -0.25) is 9.13 Å². The molecule has 0 spiro atoms. The van der Waals surface area contributed by atoms with Gasteiger partial charge in [-0.05, 0) is 65.7 Å². The molecule has 0 aliphatic carbocycles.